The molecule has 0 aliphatic rings. The fourth-order valence-electron chi connectivity index (χ4n) is 2.45. The molecular formula is C19H16N4O. The predicted octanol–water partition coefficient (Wildman–Crippen LogP) is 4.65. The molecule has 0 bridgehead atoms. The summed E-state index contributed by atoms with van der Waals surface area (Å²) < 4.78 is 5.73. The molecule has 1 N–H and O–H groups in total. The van der Waals surface area contributed by atoms with Crippen LogP contribution in [0.1, 0.15) is 11.1 Å². The fraction of sp³-hybridized carbons (Fsp3) is 0.105. The third-order valence-corrected chi connectivity index (χ3v) is 3.96. The van der Waals surface area contributed by atoms with Gasteiger partial charge >= 0.3 is 0 Å². The average molecular weight is 316 g/mol. The highest BCUT2D eigenvalue weighted by Gasteiger charge is 2.09. The molecule has 0 aliphatic heterocycles. The number of hydrogen-bond donors (Lipinski definition) is 1. The van der Waals surface area contributed by atoms with Gasteiger partial charge in [-0.3, -0.25) is 0 Å². The molecule has 2 aromatic carbocycles. The Balaban J connectivity index is 1.58. The van der Waals surface area contributed by atoms with Gasteiger partial charge in [0.15, 0.2) is 5.58 Å². The number of aromatic nitrogens is 3. The fourth-order valence-corrected chi connectivity index (χ4v) is 2.45. The number of oxazole rings is 1. The number of nitrogens with one attached hydrogen (secondary N) is 1. The van der Waals surface area contributed by atoms with E-state index in [-0.39, 0.29) is 0 Å². The zero-order valence-electron chi connectivity index (χ0n) is 13.4. The van der Waals surface area contributed by atoms with Crippen molar-refractivity contribution in [1.82, 2.24) is 15.0 Å². The van der Waals surface area contributed by atoms with Crippen molar-refractivity contribution in [3.63, 3.8) is 0 Å². The number of hydrogen-bond acceptors (Lipinski definition) is 5. The van der Waals surface area contributed by atoms with Crippen molar-refractivity contribution in [2.24, 2.45) is 0 Å². The molecular weight excluding hydrogens is 300 g/mol. The molecule has 0 fully saturated rings. The normalized spacial score (nSPS) is 10.9. The minimum Gasteiger partial charge on any atom is -0.436 e. The maximum atomic E-state index is 5.73. The smallest absolute Gasteiger partial charge is 0.230 e. The third-order valence-electron chi connectivity index (χ3n) is 3.96. The van der Waals surface area contributed by atoms with Gasteiger partial charge in [0.05, 0.1) is 5.56 Å². The summed E-state index contributed by atoms with van der Waals surface area (Å²) in [6.07, 6.45) is 3.42. The van der Waals surface area contributed by atoms with E-state index in [0.29, 0.717) is 11.8 Å². The van der Waals surface area contributed by atoms with Gasteiger partial charge < -0.3 is 9.73 Å². The Bertz CT molecular complexity index is 972. The van der Waals surface area contributed by atoms with Crippen molar-refractivity contribution in [2.75, 3.05) is 5.32 Å². The molecule has 4 aromatic rings. The van der Waals surface area contributed by atoms with E-state index >= 15 is 0 Å². The molecule has 4 rings (SSSR count). The van der Waals surface area contributed by atoms with E-state index in [1.165, 1.54) is 11.1 Å². The lowest BCUT2D eigenvalue weighted by Crippen LogP contribution is -1.97. The minimum atomic E-state index is 0.522. The van der Waals surface area contributed by atoms with E-state index in [9.17, 15) is 0 Å². The van der Waals surface area contributed by atoms with Crippen molar-refractivity contribution in [3.8, 4) is 11.5 Å². The van der Waals surface area contributed by atoms with Crippen LogP contribution in [0.2, 0.25) is 0 Å². The van der Waals surface area contributed by atoms with Gasteiger partial charge in [-0.15, -0.1) is 0 Å². The van der Waals surface area contributed by atoms with E-state index in [0.717, 1.165) is 22.4 Å². The van der Waals surface area contributed by atoms with Crippen LogP contribution in [-0.2, 0) is 0 Å². The number of nitrogens with zero attached hydrogens (tertiary/aromatic N) is 3. The first-order valence-corrected chi connectivity index (χ1v) is 7.71. The van der Waals surface area contributed by atoms with Crippen molar-refractivity contribution in [2.45, 2.75) is 13.8 Å². The summed E-state index contributed by atoms with van der Waals surface area (Å²) in [5.41, 5.74) is 5.77. The summed E-state index contributed by atoms with van der Waals surface area (Å²) >= 11 is 0. The van der Waals surface area contributed by atoms with Gasteiger partial charge in [0.2, 0.25) is 11.8 Å². The molecule has 5 heteroatoms. The number of aryl methyl sites for hydroxylation is 2. The lowest BCUT2D eigenvalue weighted by Gasteiger charge is -2.07. The van der Waals surface area contributed by atoms with Crippen molar-refractivity contribution in [1.29, 1.82) is 0 Å². The van der Waals surface area contributed by atoms with E-state index in [4.69, 9.17) is 4.42 Å². The van der Waals surface area contributed by atoms with Crippen LogP contribution < -0.4 is 5.32 Å². The molecule has 0 saturated carbocycles. The van der Waals surface area contributed by atoms with E-state index < -0.39 is 0 Å². The van der Waals surface area contributed by atoms with Crippen molar-refractivity contribution < 1.29 is 4.42 Å². The molecule has 118 valence electrons. The summed E-state index contributed by atoms with van der Waals surface area (Å²) in [6.45, 7) is 4.17. The molecule has 0 aliphatic carbocycles. The van der Waals surface area contributed by atoms with E-state index in [2.05, 4.69) is 46.2 Å². The molecule has 0 radical (unpaired) electrons. The Labute approximate surface area is 139 Å². The quantitative estimate of drug-likeness (QED) is 0.596. The van der Waals surface area contributed by atoms with Crippen molar-refractivity contribution in [3.05, 3.63) is 66.0 Å². The van der Waals surface area contributed by atoms with Crippen LogP contribution in [0.4, 0.5) is 11.6 Å². The number of anilines is 2. The Morgan fingerprint density at radius 2 is 1.71 bits per heavy atom. The molecule has 24 heavy (non-hydrogen) atoms. The Hall–Kier alpha value is -3.21. The lowest BCUT2D eigenvalue weighted by molar-refractivity contribution is 0.619. The number of benzene rings is 2. The van der Waals surface area contributed by atoms with Gasteiger partial charge in [0.1, 0.15) is 5.52 Å². The lowest BCUT2D eigenvalue weighted by atomic mass is 10.1. The summed E-state index contributed by atoms with van der Waals surface area (Å²) in [5, 5.41) is 3.20. The molecule has 5 nitrogen and oxygen atoms in total. The van der Waals surface area contributed by atoms with Gasteiger partial charge in [-0.2, -0.15) is 0 Å². The van der Waals surface area contributed by atoms with Gasteiger partial charge in [0, 0.05) is 18.1 Å². The SMILES string of the molecule is Cc1ccc(Nc2ncc(-c3nc4ccccc4o3)cn2)cc1C. The zero-order chi connectivity index (χ0) is 16.5. The Morgan fingerprint density at radius 1 is 0.917 bits per heavy atom. The maximum Gasteiger partial charge on any atom is 0.230 e. The second-order valence-electron chi connectivity index (χ2n) is 5.71. The maximum absolute atomic E-state index is 5.73. The largest absolute Gasteiger partial charge is 0.436 e. The monoisotopic (exact) mass is 316 g/mol. The first-order valence-electron chi connectivity index (χ1n) is 7.71. The van der Waals surface area contributed by atoms with Crippen LogP contribution in [0.25, 0.3) is 22.6 Å². The van der Waals surface area contributed by atoms with E-state index in [1.807, 2.05) is 30.3 Å². The second-order valence-corrected chi connectivity index (χ2v) is 5.71. The third kappa shape index (κ3) is 2.72. The minimum absolute atomic E-state index is 0.522. The first-order chi connectivity index (χ1) is 11.7. The van der Waals surface area contributed by atoms with Crippen LogP contribution in [-0.4, -0.2) is 15.0 Å². The highest BCUT2D eigenvalue weighted by molar-refractivity contribution is 5.75. The molecule has 0 unspecified atom stereocenters. The topological polar surface area (TPSA) is 63.8 Å². The highest BCUT2D eigenvalue weighted by atomic mass is 16.3. The Morgan fingerprint density at radius 3 is 2.46 bits per heavy atom. The van der Waals surface area contributed by atoms with Crippen LogP contribution >= 0.6 is 0 Å². The zero-order valence-corrected chi connectivity index (χ0v) is 13.4. The van der Waals surface area contributed by atoms with Crippen molar-refractivity contribution >= 4 is 22.7 Å². The predicted molar refractivity (Wildman–Crippen MR) is 94.2 cm³/mol. The number of rotatable bonds is 3. The molecule has 0 atom stereocenters. The second kappa shape index (κ2) is 5.77. The van der Waals surface area contributed by atoms with Gasteiger partial charge in [-0.05, 0) is 49.2 Å². The highest BCUT2D eigenvalue weighted by Crippen LogP contribution is 2.24. The van der Waals surface area contributed by atoms with Crippen LogP contribution in [0, 0.1) is 13.8 Å². The molecule has 0 saturated heterocycles. The molecule has 2 aromatic heterocycles. The Kier molecular flexibility index (Phi) is 3.46. The van der Waals surface area contributed by atoms with Gasteiger partial charge in [-0.1, -0.05) is 18.2 Å². The number of fused-ring (bicyclic) bond motifs is 1. The molecule has 0 amide bonds. The van der Waals surface area contributed by atoms with Crippen LogP contribution in [0.5, 0.6) is 0 Å². The molecule has 0 spiro atoms. The first kappa shape index (κ1) is 14.4. The summed E-state index contributed by atoms with van der Waals surface area (Å²) in [5.74, 6) is 1.06. The van der Waals surface area contributed by atoms with Crippen LogP contribution in [0.3, 0.4) is 0 Å². The average Bonchev–Trinajstić information content (AvgIpc) is 3.03. The number of para-hydroxylation sites is 2. The van der Waals surface area contributed by atoms with E-state index in [1.54, 1.807) is 12.4 Å². The molecule has 2 heterocycles. The summed E-state index contributed by atoms with van der Waals surface area (Å²) in [7, 11) is 0. The summed E-state index contributed by atoms with van der Waals surface area (Å²) in [4.78, 5) is 13.2. The van der Waals surface area contributed by atoms with Gasteiger partial charge in [0.25, 0.3) is 0 Å². The summed E-state index contributed by atoms with van der Waals surface area (Å²) in [6, 6.07) is 13.8. The standard InChI is InChI=1S/C19H16N4O/c1-12-7-8-15(9-13(12)2)22-19-20-10-14(11-21-19)18-23-16-5-3-4-6-17(16)24-18/h3-11H,1-2H3,(H,20,21,22). The van der Waals surface area contributed by atoms with Crippen LogP contribution in [0.15, 0.2) is 59.3 Å². The van der Waals surface area contributed by atoms with Gasteiger partial charge in [-0.25, -0.2) is 15.0 Å².